The Kier molecular flexibility index (Phi) is 6.14. The lowest BCUT2D eigenvalue weighted by atomic mass is 9.93. The maximum absolute atomic E-state index is 15.0. The van der Waals surface area contributed by atoms with E-state index in [0.717, 1.165) is 15.9 Å². The Morgan fingerprint density at radius 2 is 1.83 bits per heavy atom. The van der Waals surface area contributed by atoms with Crippen LogP contribution in [0.1, 0.15) is 21.5 Å². The van der Waals surface area contributed by atoms with Crippen molar-refractivity contribution in [1.29, 1.82) is 0 Å². The topological polar surface area (TPSA) is 110 Å². The lowest BCUT2D eigenvalue weighted by molar-refractivity contribution is 0.0699. The van der Waals surface area contributed by atoms with Crippen LogP contribution < -0.4 is 9.80 Å². The molecule has 180 valence electrons. The SMILES string of the molecule is CN(C(=O)O)c1nc2ccc(C3(O)c4ccccc4C(=O)N3c3cc(Cl)c(Cl)cc3F)cc2[nH]1.Cl. The number of aromatic nitrogens is 2. The van der Waals surface area contributed by atoms with E-state index in [1.165, 1.54) is 31.3 Å². The number of fused-ring (bicyclic) bond motifs is 2. The zero-order valence-corrected chi connectivity index (χ0v) is 20.1. The number of aromatic amines is 1. The van der Waals surface area contributed by atoms with E-state index in [1.54, 1.807) is 24.3 Å². The van der Waals surface area contributed by atoms with Crippen molar-refractivity contribution in [3.05, 3.63) is 87.2 Å². The van der Waals surface area contributed by atoms with Crippen LogP contribution in [0.4, 0.5) is 20.8 Å². The first-order valence-corrected chi connectivity index (χ1v) is 10.7. The number of H-pyrrole nitrogens is 1. The van der Waals surface area contributed by atoms with Gasteiger partial charge in [-0.3, -0.25) is 14.6 Å². The largest absolute Gasteiger partial charge is 0.465 e. The number of rotatable bonds is 3. The van der Waals surface area contributed by atoms with Gasteiger partial charge < -0.3 is 15.2 Å². The molecular formula is C23H16Cl3FN4O4. The fourth-order valence-corrected chi connectivity index (χ4v) is 4.38. The van der Waals surface area contributed by atoms with Crippen molar-refractivity contribution in [2.45, 2.75) is 5.72 Å². The van der Waals surface area contributed by atoms with Crippen LogP contribution in [0.3, 0.4) is 0 Å². The van der Waals surface area contributed by atoms with Crippen LogP contribution in [0.25, 0.3) is 11.0 Å². The number of benzene rings is 3. The van der Waals surface area contributed by atoms with Gasteiger partial charge in [0.05, 0.1) is 26.8 Å². The van der Waals surface area contributed by atoms with Crippen LogP contribution in [0, 0.1) is 5.82 Å². The molecule has 3 aromatic carbocycles. The molecule has 0 radical (unpaired) electrons. The van der Waals surface area contributed by atoms with Gasteiger partial charge in [0.15, 0.2) is 5.72 Å². The van der Waals surface area contributed by atoms with Gasteiger partial charge in [0.25, 0.3) is 5.91 Å². The monoisotopic (exact) mass is 536 g/mol. The number of carbonyl (C=O) groups excluding carboxylic acids is 1. The standard InChI is InChI=1S/C23H15Cl2FN4O4.ClH/c1-29(22(32)33)21-27-17-7-6-11(8-18(17)28-21)23(34)13-5-3-2-4-12(13)20(31)30(23)19-10-15(25)14(24)9-16(19)26;/h2-10,34H,1H3,(H,27,28)(H,32,33);1H. The zero-order valence-electron chi connectivity index (χ0n) is 17.8. The highest BCUT2D eigenvalue weighted by Crippen LogP contribution is 2.47. The van der Waals surface area contributed by atoms with Gasteiger partial charge >= 0.3 is 6.09 Å². The summed E-state index contributed by atoms with van der Waals surface area (Å²) in [4.78, 5) is 33.6. The quantitative estimate of drug-likeness (QED) is 0.303. The number of amides is 2. The van der Waals surface area contributed by atoms with E-state index in [-0.39, 0.29) is 50.8 Å². The summed E-state index contributed by atoms with van der Waals surface area (Å²) in [7, 11) is 1.33. The summed E-state index contributed by atoms with van der Waals surface area (Å²) in [5.41, 5.74) is -0.880. The Morgan fingerprint density at radius 3 is 2.54 bits per heavy atom. The van der Waals surface area contributed by atoms with E-state index >= 15 is 4.39 Å². The molecule has 12 heteroatoms. The molecule has 0 saturated heterocycles. The van der Waals surface area contributed by atoms with Crippen molar-refractivity contribution in [2.24, 2.45) is 0 Å². The highest BCUT2D eigenvalue weighted by Gasteiger charge is 2.51. The number of hydrogen-bond donors (Lipinski definition) is 3. The maximum atomic E-state index is 15.0. The van der Waals surface area contributed by atoms with Gasteiger partial charge in [-0.15, -0.1) is 12.4 Å². The van der Waals surface area contributed by atoms with Gasteiger partial charge in [0, 0.05) is 23.7 Å². The van der Waals surface area contributed by atoms with Crippen molar-refractivity contribution in [3.8, 4) is 0 Å². The van der Waals surface area contributed by atoms with Crippen molar-refractivity contribution >= 4 is 70.3 Å². The Bertz CT molecular complexity index is 1510. The molecule has 0 fully saturated rings. The first-order chi connectivity index (χ1) is 16.1. The number of hydrogen-bond acceptors (Lipinski definition) is 4. The Balaban J connectivity index is 0.00000289. The van der Waals surface area contributed by atoms with Crippen LogP contribution in [0.2, 0.25) is 10.0 Å². The number of halogens is 4. The number of carboxylic acid groups (broad SMARTS) is 1. The number of imidazole rings is 1. The summed E-state index contributed by atoms with van der Waals surface area (Å²) in [6.07, 6.45) is -1.21. The molecule has 35 heavy (non-hydrogen) atoms. The van der Waals surface area contributed by atoms with Gasteiger partial charge in [0.2, 0.25) is 5.95 Å². The number of nitrogens with zero attached hydrogens (tertiary/aromatic N) is 3. The predicted octanol–water partition coefficient (Wildman–Crippen LogP) is 5.40. The van der Waals surface area contributed by atoms with Crippen LogP contribution in [0.15, 0.2) is 54.6 Å². The third-order valence-electron chi connectivity index (χ3n) is 5.77. The van der Waals surface area contributed by atoms with Gasteiger partial charge in [-0.1, -0.05) is 47.5 Å². The molecule has 1 unspecified atom stereocenters. The Morgan fingerprint density at radius 1 is 1.14 bits per heavy atom. The molecule has 1 aliphatic rings. The fourth-order valence-electron chi connectivity index (χ4n) is 4.08. The second-order valence-electron chi connectivity index (χ2n) is 7.71. The van der Waals surface area contributed by atoms with E-state index in [4.69, 9.17) is 23.2 Å². The number of nitrogens with one attached hydrogen (secondary N) is 1. The summed E-state index contributed by atoms with van der Waals surface area (Å²) in [5.74, 6) is -1.41. The third-order valence-corrected chi connectivity index (χ3v) is 6.49. The zero-order chi connectivity index (χ0) is 24.4. The predicted molar refractivity (Wildman–Crippen MR) is 132 cm³/mol. The third kappa shape index (κ3) is 3.68. The first-order valence-electron chi connectivity index (χ1n) is 9.90. The Labute approximate surface area is 213 Å². The first kappa shape index (κ1) is 24.7. The molecule has 0 saturated carbocycles. The number of anilines is 2. The van der Waals surface area contributed by atoms with E-state index in [2.05, 4.69) is 9.97 Å². The molecule has 8 nitrogen and oxygen atoms in total. The summed E-state index contributed by atoms with van der Waals surface area (Å²) >= 11 is 12.0. The second-order valence-corrected chi connectivity index (χ2v) is 8.52. The molecule has 0 aliphatic carbocycles. The second kappa shape index (κ2) is 8.69. The minimum Gasteiger partial charge on any atom is -0.465 e. The van der Waals surface area contributed by atoms with Crippen molar-refractivity contribution in [2.75, 3.05) is 16.8 Å². The summed E-state index contributed by atoms with van der Waals surface area (Å²) < 4.78 is 15.0. The smallest absolute Gasteiger partial charge is 0.413 e. The fraction of sp³-hybridized carbons (Fsp3) is 0.0870. The minimum atomic E-state index is -2.11. The highest BCUT2D eigenvalue weighted by molar-refractivity contribution is 6.42. The number of aliphatic hydroxyl groups is 1. The molecule has 5 rings (SSSR count). The average molecular weight is 538 g/mol. The molecule has 1 atom stereocenters. The summed E-state index contributed by atoms with van der Waals surface area (Å²) in [5, 5.41) is 21.3. The van der Waals surface area contributed by atoms with E-state index < -0.39 is 23.5 Å². The maximum Gasteiger partial charge on any atom is 0.413 e. The van der Waals surface area contributed by atoms with Gasteiger partial charge in [-0.25, -0.2) is 14.2 Å². The highest BCUT2D eigenvalue weighted by atomic mass is 35.5. The van der Waals surface area contributed by atoms with Gasteiger partial charge in [0.1, 0.15) is 5.82 Å². The van der Waals surface area contributed by atoms with Gasteiger partial charge in [-0.05, 0) is 30.3 Å². The molecule has 1 aromatic heterocycles. The lowest BCUT2D eigenvalue weighted by Gasteiger charge is -2.35. The van der Waals surface area contributed by atoms with E-state index in [9.17, 15) is 19.8 Å². The minimum absolute atomic E-state index is 0. The van der Waals surface area contributed by atoms with Crippen LogP contribution >= 0.6 is 35.6 Å². The molecule has 3 N–H and O–H groups in total. The molecule has 4 aromatic rings. The molecule has 0 bridgehead atoms. The average Bonchev–Trinajstić information content (AvgIpc) is 3.33. The molecule has 2 amide bonds. The molecule has 0 spiro atoms. The molecule has 2 heterocycles. The van der Waals surface area contributed by atoms with Crippen LogP contribution in [0.5, 0.6) is 0 Å². The van der Waals surface area contributed by atoms with Crippen LogP contribution in [-0.2, 0) is 5.72 Å². The van der Waals surface area contributed by atoms with Crippen molar-refractivity contribution in [1.82, 2.24) is 9.97 Å². The summed E-state index contributed by atoms with van der Waals surface area (Å²) in [6.45, 7) is 0. The molecular weight excluding hydrogens is 522 g/mol. The lowest BCUT2D eigenvalue weighted by Crippen LogP contribution is -2.45. The van der Waals surface area contributed by atoms with E-state index in [0.29, 0.717) is 11.0 Å². The number of carbonyl (C=O) groups is 2. The Hall–Kier alpha value is -3.37. The molecule has 1 aliphatic heterocycles. The van der Waals surface area contributed by atoms with Crippen molar-refractivity contribution < 1.29 is 24.2 Å². The van der Waals surface area contributed by atoms with Crippen molar-refractivity contribution in [3.63, 3.8) is 0 Å². The summed E-state index contributed by atoms with van der Waals surface area (Å²) in [6, 6.07) is 13.2. The van der Waals surface area contributed by atoms with Gasteiger partial charge in [-0.2, -0.15) is 0 Å². The van der Waals surface area contributed by atoms with E-state index in [1.807, 2.05) is 0 Å². The normalized spacial score (nSPS) is 16.8. The van der Waals surface area contributed by atoms with Crippen LogP contribution in [-0.4, -0.2) is 39.2 Å².